The fourth-order valence-electron chi connectivity index (χ4n) is 4.28. The second-order valence-corrected chi connectivity index (χ2v) is 11.7. The van der Waals surface area contributed by atoms with Gasteiger partial charge in [0.25, 0.3) is 0 Å². The van der Waals surface area contributed by atoms with Crippen molar-refractivity contribution >= 4 is 53.6 Å². The zero-order chi connectivity index (χ0) is 32.5. The summed E-state index contributed by atoms with van der Waals surface area (Å²) >= 11 is 0. The highest BCUT2D eigenvalue weighted by molar-refractivity contribution is 7.62. The van der Waals surface area contributed by atoms with Gasteiger partial charge < -0.3 is 28.8 Å². The largest absolute Gasteiger partial charge is 0.477 e. The Balaban J connectivity index is 1.78. The van der Waals surface area contributed by atoms with Gasteiger partial charge in [0.2, 0.25) is 12.2 Å². The van der Waals surface area contributed by atoms with Gasteiger partial charge in [-0.1, -0.05) is 0 Å². The molecule has 0 saturated heterocycles. The SMILES string of the molecule is CCN(CC)c1ccc2cc(/C=C/c3ccc(P(=O)(OC)OCCCCNC(=O)C(F)(F)F)c[n+]3CC(=O)O)c(=O)oc2c1. The number of pyridine rings is 1. The number of halogens is 3. The second-order valence-electron chi connectivity index (χ2n) is 9.52. The first-order chi connectivity index (χ1) is 20.8. The molecule has 0 spiro atoms. The Kier molecular flexibility index (Phi) is 11.9. The third-order valence-corrected chi connectivity index (χ3v) is 8.49. The first-order valence-corrected chi connectivity index (χ1v) is 15.3. The molecule has 2 N–H and O–H groups in total. The number of aliphatic carboxylic acids is 1. The molecule has 1 unspecified atom stereocenters. The number of nitrogens with zero attached hydrogens (tertiary/aromatic N) is 2. The number of aromatic nitrogens is 1. The lowest BCUT2D eigenvalue weighted by atomic mass is 10.1. The van der Waals surface area contributed by atoms with Crippen LogP contribution in [0.4, 0.5) is 18.9 Å². The Hall–Kier alpha value is -4.00. The van der Waals surface area contributed by atoms with Crippen LogP contribution in [0.5, 0.6) is 0 Å². The van der Waals surface area contributed by atoms with Gasteiger partial charge in [0, 0.05) is 56.0 Å². The number of amides is 1. The van der Waals surface area contributed by atoms with Crippen molar-refractivity contribution < 1.29 is 50.5 Å². The van der Waals surface area contributed by atoms with E-state index in [1.165, 1.54) is 35.0 Å². The predicted octanol–water partition coefficient (Wildman–Crippen LogP) is 4.12. The van der Waals surface area contributed by atoms with Crippen molar-refractivity contribution in [3.8, 4) is 0 Å². The molecule has 11 nitrogen and oxygen atoms in total. The zero-order valence-corrected chi connectivity index (χ0v) is 25.3. The minimum absolute atomic E-state index is 0.0398. The number of carbonyl (C=O) groups excluding carboxylic acids is 1. The fraction of sp³-hybridized carbons (Fsp3) is 0.379. The summed E-state index contributed by atoms with van der Waals surface area (Å²) in [5.41, 5.74) is 1.37. The number of benzene rings is 1. The van der Waals surface area contributed by atoms with E-state index in [1.807, 2.05) is 26.0 Å². The summed E-state index contributed by atoms with van der Waals surface area (Å²) in [4.78, 5) is 37.3. The monoisotopic (exact) mass is 640 g/mol. The molecule has 0 fully saturated rings. The summed E-state index contributed by atoms with van der Waals surface area (Å²) < 4.78 is 67.5. The van der Waals surface area contributed by atoms with E-state index in [1.54, 1.807) is 17.4 Å². The molecule has 3 aromatic rings. The number of hydrogen-bond donors (Lipinski definition) is 2. The number of hydrogen-bond acceptors (Lipinski definition) is 8. The summed E-state index contributed by atoms with van der Waals surface area (Å²) in [7, 11) is -2.80. The van der Waals surface area contributed by atoms with Crippen molar-refractivity contribution in [2.24, 2.45) is 0 Å². The first kappa shape index (κ1) is 34.5. The van der Waals surface area contributed by atoms with E-state index in [0.717, 1.165) is 25.9 Å². The van der Waals surface area contributed by atoms with Crippen molar-refractivity contribution in [2.45, 2.75) is 39.4 Å². The average Bonchev–Trinajstić information content (AvgIpc) is 2.97. The fourth-order valence-corrected chi connectivity index (χ4v) is 5.65. The van der Waals surface area contributed by atoms with E-state index in [9.17, 15) is 37.2 Å². The summed E-state index contributed by atoms with van der Waals surface area (Å²) in [5.74, 6) is -3.24. The maximum atomic E-state index is 13.4. The number of nitrogens with one attached hydrogen (secondary N) is 1. The number of unbranched alkanes of at least 4 members (excludes halogenated alkanes) is 1. The van der Waals surface area contributed by atoms with E-state index in [2.05, 4.69) is 4.90 Å². The summed E-state index contributed by atoms with van der Waals surface area (Å²) in [6.45, 7) is 4.71. The zero-order valence-electron chi connectivity index (χ0n) is 24.4. The normalized spacial score (nSPS) is 13.2. The molecule has 2 aromatic heterocycles. The average molecular weight is 641 g/mol. The third kappa shape index (κ3) is 9.01. The molecular formula is C29H34F3N3O8P+. The van der Waals surface area contributed by atoms with Gasteiger partial charge >= 0.3 is 31.3 Å². The van der Waals surface area contributed by atoms with Crippen LogP contribution >= 0.6 is 7.60 Å². The van der Waals surface area contributed by atoms with Crippen molar-refractivity contribution in [1.82, 2.24) is 5.32 Å². The van der Waals surface area contributed by atoms with Crippen molar-refractivity contribution in [1.29, 1.82) is 0 Å². The van der Waals surface area contributed by atoms with E-state index in [4.69, 9.17) is 13.5 Å². The maximum Gasteiger partial charge on any atom is 0.471 e. The summed E-state index contributed by atoms with van der Waals surface area (Å²) in [6, 6.07) is 10.2. The molecule has 3 rings (SSSR count). The van der Waals surface area contributed by atoms with Gasteiger partial charge in [-0.15, -0.1) is 0 Å². The van der Waals surface area contributed by atoms with Crippen molar-refractivity contribution in [2.75, 3.05) is 38.3 Å². The lowest BCUT2D eigenvalue weighted by Crippen LogP contribution is -2.43. The minimum Gasteiger partial charge on any atom is -0.477 e. The summed E-state index contributed by atoms with van der Waals surface area (Å²) in [5, 5.41) is 11.9. The number of carboxylic acids is 1. The van der Waals surface area contributed by atoms with E-state index < -0.39 is 37.8 Å². The van der Waals surface area contributed by atoms with E-state index in [-0.39, 0.29) is 36.9 Å². The van der Waals surface area contributed by atoms with Gasteiger partial charge in [0.1, 0.15) is 10.9 Å². The lowest BCUT2D eigenvalue weighted by Gasteiger charge is -2.20. The van der Waals surface area contributed by atoms with E-state index >= 15 is 0 Å². The predicted molar refractivity (Wildman–Crippen MR) is 158 cm³/mol. The van der Waals surface area contributed by atoms with Gasteiger partial charge in [-0.3, -0.25) is 9.36 Å². The van der Waals surface area contributed by atoms with E-state index in [0.29, 0.717) is 16.7 Å². The van der Waals surface area contributed by atoms with Crippen LogP contribution < -0.4 is 25.7 Å². The smallest absolute Gasteiger partial charge is 0.471 e. The van der Waals surface area contributed by atoms with Gasteiger partial charge in [0.05, 0.1) is 12.2 Å². The molecule has 0 radical (unpaired) electrons. The van der Waals surface area contributed by atoms with Crippen molar-refractivity contribution in [3.05, 3.63) is 64.3 Å². The Bertz CT molecular complexity index is 1620. The van der Waals surface area contributed by atoms with Crippen LogP contribution in [0.25, 0.3) is 23.1 Å². The highest BCUT2D eigenvalue weighted by atomic mass is 31.2. The molecule has 0 aliphatic heterocycles. The van der Waals surface area contributed by atoms with Gasteiger partial charge in [-0.25, -0.2) is 9.59 Å². The number of carboxylic acid groups (broad SMARTS) is 1. The van der Waals surface area contributed by atoms with Crippen LogP contribution in [0, 0.1) is 0 Å². The molecule has 0 saturated carbocycles. The number of rotatable bonds is 15. The molecule has 1 aromatic carbocycles. The molecule has 0 aliphatic rings. The standard InChI is InChI=1S/C29H33F3N3O8P/c1-4-34(5-2)23-11-8-20-16-21(27(38)43-25(20)17-23)9-10-22-12-13-24(18-35(22)19-26(36)37)44(40,41-3)42-15-7-6-14-33-28(39)29(30,31)32/h8-13,16-18H,4-7,14-15,19H2,1-3H3,(H-,33,36,37,39)/p+1. The van der Waals surface area contributed by atoms with Crippen LogP contribution in [0.2, 0.25) is 0 Å². The lowest BCUT2D eigenvalue weighted by molar-refractivity contribution is -0.686. The van der Waals surface area contributed by atoms with Crippen molar-refractivity contribution in [3.63, 3.8) is 0 Å². The first-order valence-electron chi connectivity index (χ1n) is 13.7. The molecule has 2 heterocycles. The molecule has 0 bridgehead atoms. The summed E-state index contributed by atoms with van der Waals surface area (Å²) in [6.07, 6.45) is -0.406. The van der Waals surface area contributed by atoms with Crippen LogP contribution in [0.15, 0.2) is 51.8 Å². The Morgan fingerprint density at radius 3 is 2.48 bits per heavy atom. The van der Waals surface area contributed by atoms with Gasteiger partial charge in [-0.05, 0) is 57.0 Å². The third-order valence-electron chi connectivity index (χ3n) is 6.59. The molecule has 44 heavy (non-hydrogen) atoms. The molecule has 1 amide bonds. The Morgan fingerprint density at radius 2 is 1.84 bits per heavy atom. The highest BCUT2D eigenvalue weighted by Crippen LogP contribution is 2.45. The van der Waals surface area contributed by atoms with Gasteiger partial charge in [-0.2, -0.15) is 17.7 Å². The maximum absolute atomic E-state index is 13.4. The minimum atomic E-state index is -4.98. The molecule has 15 heteroatoms. The molecule has 238 valence electrons. The number of fused-ring (bicyclic) bond motifs is 1. The van der Waals surface area contributed by atoms with Gasteiger partial charge in [0.15, 0.2) is 6.20 Å². The number of alkyl halides is 3. The van der Waals surface area contributed by atoms with Crippen LogP contribution in [-0.4, -0.2) is 56.5 Å². The molecule has 0 aliphatic carbocycles. The topological polar surface area (TPSA) is 139 Å². The highest BCUT2D eigenvalue weighted by Gasteiger charge is 2.38. The number of carbonyl (C=O) groups is 2. The second kappa shape index (κ2) is 15.1. The van der Waals surface area contributed by atoms with Crippen LogP contribution in [0.1, 0.15) is 37.9 Å². The molecular weight excluding hydrogens is 606 g/mol. The van der Waals surface area contributed by atoms with Crippen LogP contribution in [0.3, 0.4) is 0 Å². The number of anilines is 1. The quantitative estimate of drug-likeness (QED) is 0.109. The van der Waals surface area contributed by atoms with Crippen LogP contribution in [-0.2, 0) is 29.7 Å². The molecule has 1 atom stereocenters. The Labute approximate surface area is 251 Å². The Morgan fingerprint density at radius 1 is 1.11 bits per heavy atom.